The van der Waals surface area contributed by atoms with Gasteiger partial charge in [0.05, 0.1) is 11.1 Å². The van der Waals surface area contributed by atoms with Crippen LogP contribution < -0.4 is 5.32 Å². The lowest BCUT2D eigenvalue weighted by Crippen LogP contribution is -2.26. The monoisotopic (exact) mass is 270 g/mol. The van der Waals surface area contributed by atoms with Crippen molar-refractivity contribution >= 4 is 16.8 Å². The van der Waals surface area contributed by atoms with Gasteiger partial charge in [-0.1, -0.05) is 44.2 Å². The summed E-state index contributed by atoms with van der Waals surface area (Å²) < 4.78 is 0. The lowest BCUT2D eigenvalue weighted by atomic mass is 9.87. The summed E-state index contributed by atoms with van der Waals surface area (Å²) in [5, 5.41) is 4.16. The molecule has 1 aliphatic rings. The maximum Gasteiger partial charge on any atom is 0.253 e. The molecule has 1 aromatic carbocycles. The van der Waals surface area contributed by atoms with Crippen molar-refractivity contribution in [3.05, 3.63) is 36.0 Å². The van der Waals surface area contributed by atoms with Crippen molar-refractivity contribution in [2.24, 2.45) is 5.92 Å². The Balaban J connectivity index is 1.57. The molecule has 0 unspecified atom stereocenters. The number of benzene rings is 1. The molecule has 0 radical (unpaired) electrons. The van der Waals surface area contributed by atoms with Crippen LogP contribution in [0.1, 0.15) is 48.9 Å². The SMILES string of the molecule is O=C(NCCC1CCCCC1)c1cccc2cc[nH]c12. The van der Waals surface area contributed by atoms with E-state index in [4.69, 9.17) is 0 Å². The van der Waals surface area contributed by atoms with Crippen molar-refractivity contribution < 1.29 is 4.79 Å². The molecule has 0 aliphatic heterocycles. The van der Waals surface area contributed by atoms with Gasteiger partial charge in [-0.15, -0.1) is 0 Å². The smallest absolute Gasteiger partial charge is 0.253 e. The topological polar surface area (TPSA) is 44.9 Å². The van der Waals surface area contributed by atoms with Gasteiger partial charge < -0.3 is 10.3 Å². The van der Waals surface area contributed by atoms with E-state index in [1.807, 2.05) is 30.5 Å². The molecule has 2 N–H and O–H groups in total. The molecular formula is C17H22N2O. The molecule has 3 nitrogen and oxygen atoms in total. The van der Waals surface area contributed by atoms with Crippen molar-refractivity contribution in [3.63, 3.8) is 0 Å². The highest BCUT2D eigenvalue weighted by atomic mass is 16.1. The Morgan fingerprint density at radius 3 is 2.90 bits per heavy atom. The number of carbonyl (C=O) groups is 1. The van der Waals surface area contributed by atoms with E-state index in [1.165, 1.54) is 32.1 Å². The molecule has 1 saturated carbocycles. The largest absolute Gasteiger partial charge is 0.361 e. The van der Waals surface area contributed by atoms with E-state index in [0.29, 0.717) is 0 Å². The zero-order valence-electron chi connectivity index (χ0n) is 11.8. The zero-order valence-corrected chi connectivity index (χ0v) is 11.8. The average molecular weight is 270 g/mol. The Morgan fingerprint density at radius 2 is 2.05 bits per heavy atom. The van der Waals surface area contributed by atoms with Gasteiger partial charge in [0.2, 0.25) is 0 Å². The minimum atomic E-state index is 0.0360. The molecule has 1 amide bonds. The second-order valence-electron chi connectivity index (χ2n) is 5.80. The Hall–Kier alpha value is -1.77. The van der Waals surface area contributed by atoms with Crippen LogP contribution in [0.25, 0.3) is 10.9 Å². The first kappa shape index (κ1) is 13.2. The quantitative estimate of drug-likeness (QED) is 0.870. The van der Waals surface area contributed by atoms with E-state index in [-0.39, 0.29) is 5.91 Å². The molecule has 106 valence electrons. The maximum absolute atomic E-state index is 12.3. The van der Waals surface area contributed by atoms with Gasteiger partial charge in [0.1, 0.15) is 0 Å². The molecule has 2 aromatic rings. The molecule has 1 aromatic heterocycles. The number of para-hydroxylation sites is 1. The lowest BCUT2D eigenvalue weighted by molar-refractivity contribution is 0.0952. The number of carbonyl (C=O) groups excluding carboxylic acids is 1. The third-order valence-electron chi connectivity index (χ3n) is 4.39. The average Bonchev–Trinajstić information content (AvgIpc) is 2.96. The number of nitrogens with one attached hydrogen (secondary N) is 2. The number of aromatic amines is 1. The molecule has 0 bridgehead atoms. The molecule has 0 atom stereocenters. The molecule has 0 spiro atoms. The highest BCUT2D eigenvalue weighted by Crippen LogP contribution is 2.25. The minimum absolute atomic E-state index is 0.0360. The molecule has 0 saturated heterocycles. The highest BCUT2D eigenvalue weighted by molar-refractivity contribution is 6.05. The fourth-order valence-corrected chi connectivity index (χ4v) is 3.24. The number of aromatic nitrogens is 1. The fourth-order valence-electron chi connectivity index (χ4n) is 3.24. The second-order valence-corrected chi connectivity index (χ2v) is 5.80. The van der Waals surface area contributed by atoms with Gasteiger partial charge in [0, 0.05) is 18.1 Å². The fraction of sp³-hybridized carbons (Fsp3) is 0.471. The van der Waals surface area contributed by atoms with E-state index in [0.717, 1.165) is 35.3 Å². The molecule has 20 heavy (non-hydrogen) atoms. The van der Waals surface area contributed by atoms with E-state index in [9.17, 15) is 4.79 Å². The van der Waals surface area contributed by atoms with Crippen molar-refractivity contribution in [1.82, 2.24) is 10.3 Å². The van der Waals surface area contributed by atoms with Crippen LogP contribution in [-0.4, -0.2) is 17.4 Å². The van der Waals surface area contributed by atoms with E-state index in [2.05, 4.69) is 10.3 Å². The highest BCUT2D eigenvalue weighted by Gasteiger charge is 2.14. The summed E-state index contributed by atoms with van der Waals surface area (Å²) in [6.45, 7) is 0.792. The van der Waals surface area contributed by atoms with Crippen LogP contribution in [0.5, 0.6) is 0 Å². The van der Waals surface area contributed by atoms with Gasteiger partial charge in [-0.3, -0.25) is 4.79 Å². The molecule has 3 heteroatoms. The normalized spacial score (nSPS) is 16.4. The van der Waals surface area contributed by atoms with Crippen molar-refractivity contribution in [1.29, 1.82) is 0 Å². The van der Waals surface area contributed by atoms with Crippen LogP contribution in [0.4, 0.5) is 0 Å². The predicted molar refractivity (Wildman–Crippen MR) is 81.8 cm³/mol. The molecule has 1 heterocycles. The van der Waals surface area contributed by atoms with Gasteiger partial charge in [-0.2, -0.15) is 0 Å². The predicted octanol–water partition coefficient (Wildman–Crippen LogP) is 3.87. The maximum atomic E-state index is 12.3. The van der Waals surface area contributed by atoms with Gasteiger partial charge in [-0.25, -0.2) is 0 Å². The summed E-state index contributed by atoms with van der Waals surface area (Å²) >= 11 is 0. The summed E-state index contributed by atoms with van der Waals surface area (Å²) in [4.78, 5) is 15.4. The van der Waals surface area contributed by atoms with Gasteiger partial charge in [-0.05, 0) is 24.5 Å². The van der Waals surface area contributed by atoms with Crippen LogP contribution in [0.3, 0.4) is 0 Å². The minimum Gasteiger partial charge on any atom is -0.361 e. The van der Waals surface area contributed by atoms with Crippen LogP contribution >= 0.6 is 0 Å². The van der Waals surface area contributed by atoms with Crippen molar-refractivity contribution in [3.8, 4) is 0 Å². The number of H-pyrrole nitrogens is 1. The summed E-state index contributed by atoms with van der Waals surface area (Å²) in [7, 11) is 0. The Labute approximate surface area is 119 Å². The Kier molecular flexibility index (Phi) is 4.05. The summed E-state index contributed by atoms with van der Waals surface area (Å²) in [6, 6.07) is 7.83. The van der Waals surface area contributed by atoms with Gasteiger partial charge >= 0.3 is 0 Å². The number of amides is 1. The molecule has 3 rings (SSSR count). The number of rotatable bonds is 4. The Morgan fingerprint density at radius 1 is 1.20 bits per heavy atom. The van der Waals surface area contributed by atoms with E-state index in [1.54, 1.807) is 0 Å². The Bertz CT molecular complexity index is 581. The van der Waals surface area contributed by atoms with Crippen molar-refractivity contribution in [2.45, 2.75) is 38.5 Å². The summed E-state index contributed by atoms with van der Waals surface area (Å²) in [5.41, 5.74) is 1.68. The molecular weight excluding hydrogens is 248 g/mol. The van der Waals surface area contributed by atoms with Crippen LogP contribution in [-0.2, 0) is 0 Å². The van der Waals surface area contributed by atoms with Crippen LogP contribution in [0.15, 0.2) is 30.5 Å². The number of hydrogen-bond acceptors (Lipinski definition) is 1. The summed E-state index contributed by atoms with van der Waals surface area (Å²) in [5.74, 6) is 0.846. The van der Waals surface area contributed by atoms with Crippen LogP contribution in [0, 0.1) is 5.92 Å². The molecule has 1 aliphatic carbocycles. The first-order chi connectivity index (χ1) is 9.84. The second kappa shape index (κ2) is 6.12. The number of hydrogen-bond donors (Lipinski definition) is 2. The van der Waals surface area contributed by atoms with Gasteiger partial charge in [0.15, 0.2) is 0 Å². The third-order valence-corrected chi connectivity index (χ3v) is 4.39. The van der Waals surface area contributed by atoms with Gasteiger partial charge in [0.25, 0.3) is 5.91 Å². The van der Waals surface area contributed by atoms with E-state index < -0.39 is 0 Å². The van der Waals surface area contributed by atoms with E-state index >= 15 is 0 Å². The van der Waals surface area contributed by atoms with Crippen molar-refractivity contribution in [2.75, 3.05) is 6.54 Å². The first-order valence-electron chi connectivity index (χ1n) is 7.69. The first-order valence-corrected chi connectivity index (χ1v) is 7.69. The van der Waals surface area contributed by atoms with Crippen LogP contribution in [0.2, 0.25) is 0 Å². The zero-order chi connectivity index (χ0) is 13.8. The number of fused-ring (bicyclic) bond motifs is 1. The summed E-state index contributed by atoms with van der Waals surface area (Å²) in [6.07, 6.45) is 9.78. The lowest BCUT2D eigenvalue weighted by Gasteiger charge is -2.21. The molecule has 1 fully saturated rings. The third kappa shape index (κ3) is 2.87. The standard InChI is InChI=1S/C17H22N2O/c20-17(19-11-9-13-5-2-1-3-6-13)15-8-4-7-14-10-12-18-16(14)15/h4,7-8,10,12-13,18H,1-3,5-6,9,11H2,(H,19,20).